The first kappa shape index (κ1) is 31.8. The number of methoxy groups -OCH3 is 2. The summed E-state index contributed by atoms with van der Waals surface area (Å²) in [6.45, 7) is 3.17. The van der Waals surface area contributed by atoms with Crippen molar-refractivity contribution >= 4 is 39.1 Å². The van der Waals surface area contributed by atoms with Gasteiger partial charge >= 0.3 is 0 Å². The third kappa shape index (κ3) is 8.86. The number of halogens is 1. The number of hydrogen-bond acceptors (Lipinski definition) is 6. The molecule has 1 atom stereocenters. The van der Waals surface area contributed by atoms with Crippen LogP contribution >= 0.6 is 11.6 Å². The highest BCUT2D eigenvalue weighted by Gasteiger charge is 2.33. The summed E-state index contributed by atoms with van der Waals surface area (Å²) in [4.78, 5) is 29.1. The topological polar surface area (TPSA) is 105 Å². The highest BCUT2D eigenvalue weighted by Crippen LogP contribution is 2.30. The molecule has 11 heteroatoms. The number of nitrogens with zero attached hydrogens (tertiary/aromatic N) is 2. The number of amides is 2. The Balaban J connectivity index is 2.08. The maximum absolute atomic E-state index is 14.1. The average Bonchev–Trinajstić information content (AvgIpc) is 2.93. The molecule has 2 amide bonds. The van der Waals surface area contributed by atoms with Crippen LogP contribution < -0.4 is 19.1 Å². The highest BCUT2D eigenvalue weighted by molar-refractivity contribution is 7.92. The van der Waals surface area contributed by atoms with E-state index in [1.54, 1.807) is 25.3 Å². The van der Waals surface area contributed by atoms with E-state index in [1.807, 2.05) is 50.2 Å². The molecule has 3 aromatic rings. The van der Waals surface area contributed by atoms with Gasteiger partial charge in [-0.05, 0) is 55.3 Å². The van der Waals surface area contributed by atoms with E-state index in [4.69, 9.17) is 21.1 Å². The van der Waals surface area contributed by atoms with Gasteiger partial charge in [0.05, 0.1) is 31.2 Å². The molecule has 3 aromatic carbocycles. The van der Waals surface area contributed by atoms with Crippen LogP contribution in [-0.4, -0.2) is 64.2 Å². The van der Waals surface area contributed by atoms with Crippen LogP contribution in [0.5, 0.6) is 11.5 Å². The van der Waals surface area contributed by atoms with Crippen LogP contribution in [-0.2, 0) is 32.6 Å². The van der Waals surface area contributed by atoms with E-state index in [2.05, 4.69) is 5.32 Å². The van der Waals surface area contributed by atoms with Crippen molar-refractivity contribution in [1.82, 2.24) is 10.2 Å². The minimum atomic E-state index is -3.92. The second-order valence-corrected chi connectivity index (χ2v) is 12.1. The average molecular weight is 602 g/mol. The van der Waals surface area contributed by atoms with Gasteiger partial charge in [0.2, 0.25) is 21.8 Å². The zero-order valence-corrected chi connectivity index (χ0v) is 25.4. The zero-order valence-electron chi connectivity index (χ0n) is 23.8. The van der Waals surface area contributed by atoms with Crippen molar-refractivity contribution < 1.29 is 27.5 Å². The molecular weight excluding hydrogens is 566 g/mol. The summed E-state index contributed by atoms with van der Waals surface area (Å²) >= 11 is 6.28. The van der Waals surface area contributed by atoms with Gasteiger partial charge in [-0.15, -0.1) is 0 Å². The van der Waals surface area contributed by atoms with E-state index >= 15 is 0 Å². The summed E-state index contributed by atoms with van der Waals surface area (Å²) < 4.78 is 37.4. The minimum Gasteiger partial charge on any atom is -0.497 e. The monoisotopic (exact) mass is 601 g/mol. The Morgan fingerprint density at radius 1 is 0.927 bits per heavy atom. The molecule has 41 heavy (non-hydrogen) atoms. The van der Waals surface area contributed by atoms with Crippen molar-refractivity contribution in [2.24, 2.45) is 0 Å². The van der Waals surface area contributed by atoms with Crippen molar-refractivity contribution in [2.75, 3.05) is 31.3 Å². The molecule has 0 aliphatic heterocycles. The van der Waals surface area contributed by atoms with Crippen molar-refractivity contribution in [2.45, 2.75) is 38.9 Å². The fourth-order valence-corrected chi connectivity index (χ4v) is 5.42. The van der Waals surface area contributed by atoms with E-state index in [1.165, 1.54) is 30.2 Å². The van der Waals surface area contributed by atoms with Gasteiger partial charge in [-0.1, -0.05) is 54.1 Å². The Kier molecular flexibility index (Phi) is 11.0. The van der Waals surface area contributed by atoms with Gasteiger partial charge in [0.25, 0.3) is 0 Å². The summed E-state index contributed by atoms with van der Waals surface area (Å²) in [6.07, 6.45) is 1.24. The lowest BCUT2D eigenvalue weighted by molar-refractivity contribution is -0.140. The van der Waals surface area contributed by atoms with Crippen molar-refractivity contribution in [3.8, 4) is 11.5 Å². The lowest BCUT2D eigenvalue weighted by Gasteiger charge is -2.34. The summed E-state index contributed by atoms with van der Waals surface area (Å²) in [5, 5.41) is 3.11. The molecule has 9 nitrogen and oxygen atoms in total. The molecule has 0 saturated carbocycles. The molecule has 3 rings (SSSR count). The minimum absolute atomic E-state index is 0.0417. The van der Waals surface area contributed by atoms with Crippen molar-refractivity contribution in [3.63, 3.8) is 0 Å². The van der Waals surface area contributed by atoms with Gasteiger partial charge in [0, 0.05) is 19.0 Å². The molecule has 0 aliphatic rings. The van der Waals surface area contributed by atoms with Crippen molar-refractivity contribution in [3.05, 3.63) is 88.9 Å². The molecule has 0 aliphatic carbocycles. The lowest BCUT2D eigenvalue weighted by Crippen LogP contribution is -2.54. The van der Waals surface area contributed by atoms with E-state index < -0.39 is 28.5 Å². The Hall–Kier alpha value is -3.76. The predicted molar refractivity (Wildman–Crippen MR) is 161 cm³/mol. The van der Waals surface area contributed by atoms with E-state index in [0.717, 1.165) is 16.1 Å². The molecule has 0 spiro atoms. The second-order valence-electron chi connectivity index (χ2n) is 9.83. The maximum Gasteiger partial charge on any atom is 0.244 e. The molecular formula is C30H36ClN3O6S. The van der Waals surface area contributed by atoms with Crippen LogP contribution in [0.15, 0.2) is 72.8 Å². The van der Waals surface area contributed by atoms with Crippen molar-refractivity contribution in [1.29, 1.82) is 0 Å². The SMILES string of the molecule is COc1cccc(CN(C(=O)CN(c2ccc(OC)c(Cl)c2)S(C)(=O)=O)[C@@H](Cc2ccccc2)C(=O)NC(C)C)c1. The maximum atomic E-state index is 14.1. The van der Waals surface area contributed by atoms with Gasteiger partial charge in [-0.25, -0.2) is 8.42 Å². The number of hydrogen-bond donors (Lipinski definition) is 1. The second kappa shape index (κ2) is 14.2. The number of benzene rings is 3. The fraction of sp³-hybridized carbons (Fsp3) is 0.333. The first-order valence-corrected chi connectivity index (χ1v) is 15.2. The van der Waals surface area contributed by atoms with Gasteiger partial charge in [-0.2, -0.15) is 0 Å². The van der Waals surface area contributed by atoms with Crippen LogP contribution in [0.1, 0.15) is 25.0 Å². The number of sulfonamides is 1. The largest absolute Gasteiger partial charge is 0.497 e. The number of nitrogens with one attached hydrogen (secondary N) is 1. The summed E-state index contributed by atoms with van der Waals surface area (Å²) in [5.41, 5.74) is 1.76. The Labute approximate surface area is 247 Å². The number of ether oxygens (including phenoxy) is 2. The van der Waals surface area contributed by atoms with E-state index in [0.29, 0.717) is 17.1 Å². The summed E-state index contributed by atoms with van der Waals surface area (Å²) in [7, 11) is -0.934. The molecule has 0 unspecified atom stereocenters. The Bertz CT molecular complexity index is 1450. The molecule has 0 saturated heterocycles. The standard InChI is InChI=1S/C30H36ClN3O6S/c1-21(2)32-30(36)27(17-22-10-7-6-8-11-22)33(19-23-12-9-13-25(16-23)39-3)29(35)20-34(41(5,37)38)24-14-15-28(40-4)26(31)18-24/h6-16,18,21,27H,17,19-20H2,1-5H3,(H,32,36)/t27-/m0/s1. The van der Waals surface area contributed by atoms with Gasteiger partial charge in [-0.3, -0.25) is 13.9 Å². The van der Waals surface area contributed by atoms with E-state index in [9.17, 15) is 18.0 Å². The molecule has 1 N–H and O–H groups in total. The molecule has 0 bridgehead atoms. The fourth-order valence-electron chi connectivity index (χ4n) is 4.33. The molecule has 0 heterocycles. The molecule has 220 valence electrons. The summed E-state index contributed by atoms with van der Waals surface area (Å²) in [6, 6.07) is 19.9. The van der Waals surface area contributed by atoms with Crippen LogP contribution in [0.2, 0.25) is 5.02 Å². The van der Waals surface area contributed by atoms with Gasteiger partial charge in [0.1, 0.15) is 24.1 Å². The third-order valence-electron chi connectivity index (χ3n) is 6.29. The number of carbonyl (C=O) groups excluding carboxylic acids is 2. The highest BCUT2D eigenvalue weighted by atomic mass is 35.5. The molecule has 0 aromatic heterocycles. The molecule has 0 radical (unpaired) electrons. The zero-order chi connectivity index (χ0) is 30.2. The van der Waals surface area contributed by atoms with Gasteiger partial charge in [0.15, 0.2) is 0 Å². The quantitative estimate of drug-likeness (QED) is 0.313. The first-order chi connectivity index (χ1) is 19.4. The number of rotatable bonds is 13. The first-order valence-electron chi connectivity index (χ1n) is 13.0. The van der Waals surface area contributed by atoms with Gasteiger partial charge < -0.3 is 19.7 Å². The van der Waals surface area contributed by atoms with Crippen LogP contribution in [0.25, 0.3) is 0 Å². The Morgan fingerprint density at radius 3 is 2.20 bits per heavy atom. The Morgan fingerprint density at radius 2 is 1.61 bits per heavy atom. The normalized spacial score (nSPS) is 12.0. The number of carbonyl (C=O) groups is 2. The third-order valence-corrected chi connectivity index (χ3v) is 7.73. The van der Waals surface area contributed by atoms with E-state index in [-0.39, 0.29) is 35.6 Å². The van der Waals surface area contributed by atoms with Crippen LogP contribution in [0.3, 0.4) is 0 Å². The predicted octanol–water partition coefficient (Wildman–Crippen LogP) is 4.29. The van der Waals surface area contributed by atoms with Crippen LogP contribution in [0, 0.1) is 0 Å². The molecule has 0 fully saturated rings. The summed E-state index contributed by atoms with van der Waals surface area (Å²) in [5.74, 6) is 0.0402. The lowest BCUT2D eigenvalue weighted by atomic mass is 10.0. The van der Waals surface area contributed by atoms with Crippen LogP contribution in [0.4, 0.5) is 5.69 Å². The smallest absolute Gasteiger partial charge is 0.244 e. The number of anilines is 1.